The van der Waals surface area contributed by atoms with Crippen LogP contribution >= 0.6 is 11.6 Å². The van der Waals surface area contributed by atoms with E-state index in [4.69, 9.17) is 16.3 Å². The number of nitrogens with zero attached hydrogens (tertiary/aromatic N) is 1. The predicted octanol–water partition coefficient (Wildman–Crippen LogP) is 5.57. The molecule has 138 valence electrons. The number of ether oxygens (including phenoxy) is 1. The minimum atomic E-state index is -1.24. The molecule has 1 fully saturated rings. The van der Waals surface area contributed by atoms with Gasteiger partial charge < -0.3 is 9.84 Å². The first kappa shape index (κ1) is 19.0. The van der Waals surface area contributed by atoms with Gasteiger partial charge in [-0.15, -0.1) is 0 Å². The van der Waals surface area contributed by atoms with E-state index in [0.717, 1.165) is 0 Å². The van der Waals surface area contributed by atoms with Crippen molar-refractivity contribution in [1.82, 2.24) is 0 Å². The summed E-state index contributed by atoms with van der Waals surface area (Å²) in [5, 5.41) is 19.9. The van der Waals surface area contributed by atoms with Crippen LogP contribution in [0.3, 0.4) is 0 Å². The smallest absolute Gasteiger partial charge is 0.312 e. The van der Waals surface area contributed by atoms with E-state index >= 15 is 0 Å². The molecule has 0 radical (unpaired) electrons. The molecule has 0 amide bonds. The third-order valence-corrected chi connectivity index (χ3v) is 5.77. The van der Waals surface area contributed by atoms with Crippen LogP contribution in [0.4, 0.5) is 0 Å². The normalized spacial score (nSPS) is 24.1. The van der Waals surface area contributed by atoms with Crippen molar-refractivity contribution in [2.24, 2.45) is 16.7 Å². The molecule has 3 rings (SSSR count). The Hall–Kier alpha value is -2.77. The highest BCUT2D eigenvalue weighted by molar-refractivity contribution is 6.25. The van der Waals surface area contributed by atoms with Crippen molar-refractivity contribution in [3.8, 4) is 17.6 Å². The van der Waals surface area contributed by atoms with Crippen LogP contribution in [0.2, 0.25) is 0 Å². The van der Waals surface area contributed by atoms with Crippen LogP contribution in [-0.2, 0) is 4.79 Å². The molecule has 0 aromatic heterocycles. The summed E-state index contributed by atoms with van der Waals surface area (Å²) < 4.78 is 5.84. The molecule has 0 heterocycles. The number of nitriles is 1. The van der Waals surface area contributed by atoms with E-state index in [0.29, 0.717) is 17.1 Å². The highest BCUT2D eigenvalue weighted by Gasteiger charge is 2.78. The number of aliphatic carboxylic acids is 1. The van der Waals surface area contributed by atoms with Gasteiger partial charge in [-0.1, -0.05) is 61.9 Å². The van der Waals surface area contributed by atoms with Crippen LogP contribution in [-0.4, -0.2) is 11.1 Å². The van der Waals surface area contributed by atoms with Crippen molar-refractivity contribution in [3.63, 3.8) is 0 Å². The van der Waals surface area contributed by atoms with Crippen molar-refractivity contribution in [2.75, 3.05) is 0 Å². The molecule has 3 atom stereocenters. The van der Waals surface area contributed by atoms with Gasteiger partial charge in [0.05, 0.1) is 12.0 Å². The fourth-order valence-electron chi connectivity index (χ4n) is 4.21. The highest BCUT2D eigenvalue weighted by atomic mass is 35.5. The molecule has 27 heavy (non-hydrogen) atoms. The van der Waals surface area contributed by atoms with Gasteiger partial charge in [0, 0.05) is 11.5 Å². The Morgan fingerprint density at radius 2 is 1.89 bits per heavy atom. The van der Waals surface area contributed by atoms with E-state index in [9.17, 15) is 15.2 Å². The van der Waals surface area contributed by atoms with E-state index in [2.05, 4.69) is 6.07 Å². The molecule has 0 aliphatic heterocycles. The molecule has 1 aliphatic carbocycles. The summed E-state index contributed by atoms with van der Waals surface area (Å²) in [5.74, 6) is -0.924. The summed E-state index contributed by atoms with van der Waals surface area (Å²) in [6, 6.07) is 18.6. The number of hydrogen-bond donors (Lipinski definition) is 1. The summed E-state index contributed by atoms with van der Waals surface area (Å²) in [6.07, 6.45) is 1.67. The van der Waals surface area contributed by atoms with Crippen LogP contribution in [0.15, 0.2) is 66.2 Å². The first-order valence-corrected chi connectivity index (χ1v) is 9.06. The number of hydrogen-bond acceptors (Lipinski definition) is 3. The number of allylic oxidation sites excluding steroid dienone is 1. The number of para-hydroxylation sites is 1. The molecular weight excluding hydrogens is 362 g/mol. The average molecular weight is 382 g/mol. The Morgan fingerprint density at radius 1 is 1.22 bits per heavy atom. The molecule has 4 nitrogen and oxygen atoms in total. The number of carbonyl (C=O) groups is 1. The van der Waals surface area contributed by atoms with Gasteiger partial charge in [-0.3, -0.25) is 4.79 Å². The van der Waals surface area contributed by atoms with Crippen LogP contribution in [0.1, 0.15) is 25.3 Å². The molecular formula is C22H20ClNO3. The van der Waals surface area contributed by atoms with Gasteiger partial charge in [-0.05, 0) is 35.2 Å². The fraction of sp³-hybridized carbons (Fsp3) is 0.273. The Labute approximate surface area is 163 Å². The largest absolute Gasteiger partial charge is 0.481 e. The standard InChI is InChI=1S/C22H20ClNO3/c1-21(2)19(11-12-23)22(21,20(25)26)18(14-24)15-7-6-10-17(13-15)27-16-8-4-3-5-9-16/h3-13,18-19H,1-2H3,(H,25,26). The second-order valence-electron chi connectivity index (χ2n) is 7.24. The maximum atomic E-state index is 12.3. The van der Waals surface area contributed by atoms with E-state index in [-0.39, 0.29) is 5.92 Å². The zero-order valence-corrected chi connectivity index (χ0v) is 15.9. The fourth-order valence-corrected chi connectivity index (χ4v) is 4.35. The zero-order chi connectivity index (χ0) is 19.7. The SMILES string of the molecule is CC1(C)C(C=CCl)C1(C(=O)O)C(C#N)c1cccc(Oc2ccccc2)c1. The molecule has 1 aliphatic rings. The molecule has 3 unspecified atom stereocenters. The Morgan fingerprint density at radius 3 is 2.48 bits per heavy atom. The van der Waals surface area contributed by atoms with Gasteiger partial charge >= 0.3 is 5.97 Å². The minimum absolute atomic E-state index is 0.330. The lowest BCUT2D eigenvalue weighted by atomic mass is 9.78. The quantitative estimate of drug-likeness (QED) is 0.710. The molecule has 0 spiro atoms. The zero-order valence-electron chi connectivity index (χ0n) is 15.1. The van der Waals surface area contributed by atoms with Gasteiger partial charge in [0.25, 0.3) is 0 Å². The molecule has 0 saturated heterocycles. The summed E-state index contributed by atoms with van der Waals surface area (Å²) >= 11 is 5.73. The third-order valence-electron chi connectivity index (χ3n) is 5.62. The molecule has 2 aromatic rings. The lowest BCUT2D eigenvalue weighted by Crippen LogP contribution is -2.28. The number of rotatable bonds is 6. The van der Waals surface area contributed by atoms with Crippen LogP contribution < -0.4 is 4.74 Å². The van der Waals surface area contributed by atoms with Gasteiger partial charge in [0.15, 0.2) is 0 Å². The van der Waals surface area contributed by atoms with Crippen molar-refractivity contribution in [2.45, 2.75) is 19.8 Å². The summed E-state index contributed by atoms with van der Waals surface area (Å²) in [4.78, 5) is 12.3. The van der Waals surface area contributed by atoms with Gasteiger partial charge in [-0.2, -0.15) is 5.26 Å². The predicted molar refractivity (Wildman–Crippen MR) is 104 cm³/mol. The number of carboxylic acid groups (broad SMARTS) is 1. The number of halogens is 1. The van der Waals surface area contributed by atoms with E-state index in [1.807, 2.05) is 44.2 Å². The second-order valence-corrected chi connectivity index (χ2v) is 7.49. The van der Waals surface area contributed by atoms with E-state index < -0.39 is 22.7 Å². The number of carboxylic acids is 1. The third kappa shape index (κ3) is 2.98. The van der Waals surface area contributed by atoms with Crippen LogP contribution in [0, 0.1) is 28.1 Å². The van der Waals surface area contributed by atoms with Gasteiger partial charge in [-0.25, -0.2) is 0 Å². The Kier molecular flexibility index (Phi) is 4.99. The Balaban J connectivity index is 2.00. The molecule has 2 aromatic carbocycles. The van der Waals surface area contributed by atoms with Crippen molar-refractivity contribution < 1.29 is 14.6 Å². The van der Waals surface area contributed by atoms with Crippen molar-refractivity contribution in [1.29, 1.82) is 5.26 Å². The lowest BCUT2D eigenvalue weighted by molar-refractivity contribution is -0.145. The minimum Gasteiger partial charge on any atom is -0.481 e. The second kappa shape index (κ2) is 7.09. The molecule has 5 heteroatoms. The van der Waals surface area contributed by atoms with E-state index in [1.54, 1.807) is 30.3 Å². The van der Waals surface area contributed by atoms with E-state index in [1.165, 1.54) is 5.54 Å². The topological polar surface area (TPSA) is 70.3 Å². The lowest BCUT2D eigenvalue weighted by Gasteiger charge is -2.22. The maximum Gasteiger partial charge on any atom is 0.312 e. The van der Waals surface area contributed by atoms with Crippen LogP contribution in [0.5, 0.6) is 11.5 Å². The number of benzene rings is 2. The Bertz CT molecular complexity index is 917. The summed E-state index contributed by atoms with van der Waals surface area (Å²) in [5.41, 5.74) is 0.117. The van der Waals surface area contributed by atoms with Gasteiger partial charge in [0.1, 0.15) is 16.9 Å². The molecule has 1 saturated carbocycles. The average Bonchev–Trinajstić information content (AvgIpc) is 3.13. The molecule has 0 bridgehead atoms. The van der Waals surface area contributed by atoms with Gasteiger partial charge in [0.2, 0.25) is 0 Å². The summed E-state index contributed by atoms with van der Waals surface area (Å²) in [6.45, 7) is 3.72. The van der Waals surface area contributed by atoms with Crippen molar-refractivity contribution >= 4 is 17.6 Å². The summed E-state index contributed by atoms with van der Waals surface area (Å²) in [7, 11) is 0. The first-order chi connectivity index (χ1) is 12.9. The molecule has 1 N–H and O–H groups in total. The highest BCUT2D eigenvalue weighted by Crippen LogP contribution is 2.75. The van der Waals surface area contributed by atoms with Crippen molar-refractivity contribution in [3.05, 3.63) is 71.8 Å². The van der Waals surface area contributed by atoms with Crippen LogP contribution in [0.25, 0.3) is 0 Å². The maximum absolute atomic E-state index is 12.3. The first-order valence-electron chi connectivity index (χ1n) is 8.62. The monoisotopic (exact) mass is 381 g/mol.